The van der Waals surface area contributed by atoms with Crippen molar-refractivity contribution >= 4 is 29.3 Å². The first kappa shape index (κ1) is 14.1. The summed E-state index contributed by atoms with van der Waals surface area (Å²) in [5, 5.41) is 3.73. The normalized spacial score (nSPS) is 10.3. The lowest BCUT2D eigenvalue weighted by atomic mass is 10.5. The van der Waals surface area contributed by atoms with Crippen LogP contribution in [-0.4, -0.2) is 38.6 Å². The third-order valence-corrected chi connectivity index (χ3v) is 2.77. The van der Waals surface area contributed by atoms with Gasteiger partial charge in [0.1, 0.15) is 11.6 Å². The average Bonchev–Trinajstić information content (AvgIpc) is 2.37. The first-order valence-corrected chi connectivity index (χ1v) is 6.54. The van der Waals surface area contributed by atoms with Gasteiger partial charge in [-0.25, -0.2) is 9.97 Å². The van der Waals surface area contributed by atoms with Crippen molar-refractivity contribution in [1.29, 1.82) is 0 Å². The molecule has 20 heavy (non-hydrogen) atoms. The fourth-order valence-electron chi connectivity index (χ4n) is 1.30. The topological polar surface area (TPSA) is 138 Å². The van der Waals surface area contributed by atoms with Crippen molar-refractivity contribution in [1.82, 2.24) is 24.9 Å². The van der Waals surface area contributed by atoms with Crippen molar-refractivity contribution in [3.8, 4) is 6.01 Å². The van der Waals surface area contributed by atoms with Gasteiger partial charge in [-0.15, -0.1) is 0 Å². The molecule has 0 aliphatic rings. The summed E-state index contributed by atoms with van der Waals surface area (Å²) in [6, 6.07) is 1.68. The number of anilines is 3. The van der Waals surface area contributed by atoms with Crippen LogP contribution in [0.15, 0.2) is 16.4 Å². The summed E-state index contributed by atoms with van der Waals surface area (Å²) in [4.78, 5) is 20.5. The van der Waals surface area contributed by atoms with E-state index in [-0.39, 0.29) is 17.6 Å². The molecular weight excluding hydrogens is 280 g/mol. The maximum absolute atomic E-state index is 5.61. The van der Waals surface area contributed by atoms with Crippen molar-refractivity contribution in [2.24, 2.45) is 0 Å². The highest BCUT2D eigenvalue weighted by atomic mass is 32.2. The van der Waals surface area contributed by atoms with Gasteiger partial charge in [0, 0.05) is 12.6 Å². The van der Waals surface area contributed by atoms with E-state index in [0.717, 1.165) is 11.8 Å². The minimum Gasteiger partial charge on any atom is -0.467 e. The van der Waals surface area contributed by atoms with Gasteiger partial charge < -0.3 is 21.5 Å². The number of ether oxygens (including phenoxy) is 1. The van der Waals surface area contributed by atoms with Crippen LogP contribution in [0.3, 0.4) is 0 Å². The van der Waals surface area contributed by atoms with Gasteiger partial charge in [0.15, 0.2) is 5.16 Å². The smallest absolute Gasteiger partial charge is 0.321 e. The van der Waals surface area contributed by atoms with E-state index in [4.69, 9.17) is 16.2 Å². The molecule has 2 rings (SSSR count). The molecule has 9 nitrogen and oxygen atoms in total. The summed E-state index contributed by atoms with van der Waals surface area (Å²) in [5.74, 6) is 0.986. The van der Waals surface area contributed by atoms with E-state index in [1.807, 2.05) is 6.92 Å². The van der Waals surface area contributed by atoms with Crippen LogP contribution in [0.1, 0.15) is 6.92 Å². The maximum Gasteiger partial charge on any atom is 0.321 e. The lowest BCUT2D eigenvalue weighted by molar-refractivity contribution is 0.373. The summed E-state index contributed by atoms with van der Waals surface area (Å²) in [6.45, 7) is 2.61. The molecular formula is C10H14N8OS. The van der Waals surface area contributed by atoms with Gasteiger partial charge >= 0.3 is 6.01 Å². The van der Waals surface area contributed by atoms with Gasteiger partial charge in [-0.3, -0.25) is 0 Å². The maximum atomic E-state index is 5.61. The third kappa shape index (κ3) is 3.57. The van der Waals surface area contributed by atoms with E-state index in [1.54, 1.807) is 0 Å². The van der Waals surface area contributed by atoms with Gasteiger partial charge in [0.2, 0.25) is 11.1 Å². The molecule has 0 atom stereocenters. The van der Waals surface area contributed by atoms with Gasteiger partial charge in [0.25, 0.3) is 0 Å². The molecule has 0 spiro atoms. The Hall–Kier alpha value is -2.36. The second-order valence-corrected chi connectivity index (χ2v) is 4.50. The summed E-state index contributed by atoms with van der Waals surface area (Å²) in [7, 11) is 1.48. The predicted molar refractivity (Wildman–Crippen MR) is 75.5 cm³/mol. The molecule has 106 valence electrons. The number of rotatable bonds is 5. The Kier molecular flexibility index (Phi) is 4.35. The molecule has 2 heterocycles. The fourth-order valence-corrected chi connectivity index (χ4v) is 2.02. The number of hydrogen-bond acceptors (Lipinski definition) is 10. The third-order valence-electron chi connectivity index (χ3n) is 2.04. The van der Waals surface area contributed by atoms with Crippen LogP contribution in [-0.2, 0) is 0 Å². The largest absolute Gasteiger partial charge is 0.467 e. The summed E-state index contributed by atoms with van der Waals surface area (Å²) < 4.78 is 5.02. The number of aromatic nitrogens is 5. The van der Waals surface area contributed by atoms with Crippen LogP contribution in [0, 0.1) is 0 Å². The SMILES string of the molecule is CCNc1nc(OC)nc(Sc2nc(N)cc(N)n2)n1. The molecule has 5 N–H and O–H groups in total. The highest BCUT2D eigenvalue weighted by Gasteiger charge is 2.10. The molecule has 10 heteroatoms. The van der Waals surface area contributed by atoms with E-state index < -0.39 is 0 Å². The van der Waals surface area contributed by atoms with E-state index in [9.17, 15) is 0 Å². The quantitative estimate of drug-likeness (QED) is 0.665. The van der Waals surface area contributed by atoms with Crippen LogP contribution >= 0.6 is 11.8 Å². The first-order chi connectivity index (χ1) is 9.60. The minimum absolute atomic E-state index is 0.204. The van der Waals surface area contributed by atoms with Crippen LogP contribution in [0.5, 0.6) is 6.01 Å². The molecule has 0 amide bonds. The number of nitrogens with zero attached hydrogens (tertiary/aromatic N) is 5. The first-order valence-electron chi connectivity index (χ1n) is 5.72. The van der Waals surface area contributed by atoms with Crippen LogP contribution < -0.4 is 21.5 Å². The van der Waals surface area contributed by atoms with Crippen LogP contribution in [0.25, 0.3) is 0 Å². The zero-order chi connectivity index (χ0) is 14.5. The molecule has 0 radical (unpaired) electrons. The van der Waals surface area contributed by atoms with Crippen molar-refractivity contribution in [2.75, 3.05) is 30.4 Å². The molecule has 2 aromatic heterocycles. The molecule has 2 aromatic rings. The molecule has 0 aliphatic heterocycles. The zero-order valence-corrected chi connectivity index (χ0v) is 11.8. The predicted octanol–water partition coefficient (Wildman–Crippen LogP) is 0.418. The lowest BCUT2D eigenvalue weighted by Gasteiger charge is -2.06. The van der Waals surface area contributed by atoms with Crippen LogP contribution in [0.4, 0.5) is 17.6 Å². The number of nitrogens with two attached hydrogens (primary N) is 2. The highest BCUT2D eigenvalue weighted by molar-refractivity contribution is 7.99. The minimum atomic E-state index is 0.204. The Morgan fingerprint density at radius 2 is 1.75 bits per heavy atom. The average molecular weight is 294 g/mol. The monoisotopic (exact) mass is 294 g/mol. The Morgan fingerprint density at radius 3 is 2.35 bits per heavy atom. The molecule has 0 saturated heterocycles. The Bertz CT molecular complexity index is 588. The molecule has 0 aliphatic carbocycles. The van der Waals surface area contributed by atoms with E-state index in [1.165, 1.54) is 13.2 Å². The standard InChI is InChI=1S/C10H14N8OS/c1-3-13-7-16-8(19-2)18-10(17-7)20-9-14-5(11)4-6(12)15-9/h4H,3H2,1-2H3,(H4,11,12,14,15)(H,13,16,17,18). The van der Waals surface area contributed by atoms with Gasteiger partial charge in [-0.2, -0.15) is 15.0 Å². The van der Waals surface area contributed by atoms with Gasteiger partial charge in [0.05, 0.1) is 7.11 Å². The van der Waals surface area contributed by atoms with E-state index in [2.05, 4.69) is 30.2 Å². The lowest BCUT2D eigenvalue weighted by Crippen LogP contribution is -2.06. The summed E-state index contributed by atoms with van der Waals surface area (Å²) in [5.41, 5.74) is 11.2. The number of methoxy groups -OCH3 is 1. The fraction of sp³-hybridized carbons (Fsp3) is 0.300. The van der Waals surface area contributed by atoms with E-state index in [0.29, 0.717) is 22.8 Å². The summed E-state index contributed by atoms with van der Waals surface area (Å²) >= 11 is 1.12. The Morgan fingerprint density at radius 1 is 1.10 bits per heavy atom. The second-order valence-electron chi connectivity index (χ2n) is 3.56. The van der Waals surface area contributed by atoms with Crippen molar-refractivity contribution in [2.45, 2.75) is 17.2 Å². The molecule has 0 saturated carbocycles. The molecule has 0 unspecified atom stereocenters. The van der Waals surface area contributed by atoms with Crippen LogP contribution in [0.2, 0.25) is 0 Å². The van der Waals surface area contributed by atoms with Crippen molar-refractivity contribution in [3.05, 3.63) is 6.07 Å². The van der Waals surface area contributed by atoms with Crippen molar-refractivity contribution in [3.63, 3.8) is 0 Å². The van der Waals surface area contributed by atoms with E-state index >= 15 is 0 Å². The molecule has 0 bridgehead atoms. The van der Waals surface area contributed by atoms with Crippen molar-refractivity contribution < 1.29 is 4.74 Å². The Balaban J connectivity index is 2.29. The summed E-state index contributed by atoms with van der Waals surface area (Å²) in [6.07, 6.45) is 0. The second kappa shape index (κ2) is 6.19. The number of nitrogen functional groups attached to an aromatic ring is 2. The molecule has 0 fully saturated rings. The number of hydrogen-bond donors (Lipinski definition) is 3. The molecule has 0 aromatic carbocycles. The Labute approximate surface area is 119 Å². The number of nitrogens with one attached hydrogen (secondary N) is 1. The zero-order valence-electron chi connectivity index (χ0n) is 11.0. The van der Waals surface area contributed by atoms with Gasteiger partial charge in [-0.05, 0) is 18.7 Å². The van der Waals surface area contributed by atoms with Gasteiger partial charge in [-0.1, -0.05) is 0 Å². The highest BCUT2D eigenvalue weighted by Crippen LogP contribution is 2.24.